The van der Waals surface area contributed by atoms with Crippen molar-refractivity contribution in [3.63, 3.8) is 0 Å². The summed E-state index contributed by atoms with van der Waals surface area (Å²) < 4.78 is 10.9. The smallest absolute Gasteiger partial charge is 0.0813 e. The average Bonchev–Trinajstić information content (AvgIpc) is 2.50. The van der Waals surface area contributed by atoms with Gasteiger partial charge in [0.2, 0.25) is 0 Å². The van der Waals surface area contributed by atoms with Gasteiger partial charge in [0.05, 0.1) is 25.9 Å². The van der Waals surface area contributed by atoms with Gasteiger partial charge in [-0.15, -0.1) is 0 Å². The Kier molecular flexibility index (Phi) is 2.35. The minimum atomic E-state index is 0.0618. The molecule has 1 spiro atoms. The largest absolute Gasteiger partial charge is 0.394 e. The van der Waals surface area contributed by atoms with Crippen LogP contribution in [0.25, 0.3) is 0 Å². The molecule has 0 aromatic rings. The molecule has 3 nitrogen and oxygen atoms in total. The normalized spacial score (nSPS) is 42.2. The standard InChI is InChI=1S/C9H16O3/c10-5-8-4-9(7-12-8)2-1-3-11-6-9/h8,10H,1-7H2/t8-,9-/m0/s1. The second kappa shape index (κ2) is 3.32. The van der Waals surface area contributed by atoms with Crippen molar-refractivity contribution in [1.29, 1.82) is 0 Å². The molecule has 12 heavy (non-hydrogen) atoms. The zero-order chi connectivity index (χ0) is 8.44. The summed E-state index contributed by atoms with van der Waals surface area (Å²) in [5.41, 5.74) is 0.242. The van der Waals surface area contributed by atoms with Crippen molar-refractivity contribution in [2.45, 2.75) is 25.4 Å². The second-order valence-electron chi connectivity index (χ2n) is 3.98. The zero-order valence-corrected chi connectivity index (χ0v) is 7.29. The van der Waals surface area contributed by atoms with E-state index in [2.05, 4.69) is 0 Å². The number of aliphatic hydroxyl groups is 1. The van der Waals surface area contributed by atoms with Crippen molar-refractivity contribution in [1.82, 2.24) is 0 Å². The van der Waals surface area contributed by atoms with Gasteiger partial charge in [-0.3, -0.25) is 0 Å². The number of hydrogen-bond donors (Lipinski definition) is 1. The van der Waals surface area contributed by atoms with Crippen molar-refractivity contribution < 1.29 is 14.6 Å². The Morgan fingerprint density at radius 3 is 2.92 bits per heavy atom. The molecule has 0 unspecified atom stereocenters. The highest BCUT2D eigenvalue weighted by molar-refractivity contribution is 4.89. The fourth-order valence-electron chi connectivity index (χ4n) is 2.20. The Balaban J connectivity index is 1.94. The van der Waals surface area contributed by atoms with Gasteiger partial charge in [0.15, 0.2) is 0 Å². The number of rotatable bonds is 1. The maximum absolute atomic E-state index is 8.91. The minimum Gasteiger partial charge on any atom is -0.394 e. The van der Waals surface area contributed by atoms with Crippen LogP contribution in [0.5, 0.6) is 0 Å². The molecule has 2 atom stereocenters. The maximum atomic E-state index is 8.91. The minimum absolute atomic E-state index is 0.0618. The Morgan fingerprint density at radius 1 is 1.42 bits per heavy atom. The quantitative estimate of drug-likeness (QED) is 0.628. The van der Waals surface area contributed by atoms with E-state index in [1.807, 2.05) is 0 Å². The van der Waals surface area contributed by atoms with Crippen LogP contribution in [0.4, 0.5) is 0 Å². The monoisotopic (exact) mass is 172 g/mol. The fraction of sp³-hybridized carbons (Fsp3) is 1.00. The van der Waals surface area contributed by atoms with Crippen LogP contribution in [-0.4, -0.2) is 37.6 Å². The summed E-state index contributed by atoms with van der Waals surface area (Å²) in [6, 6.07) is 0. The summed E-state index contributed by atoms with van der Waals surface area (Å²) in [6.07, 6.45) is 3.38. The predicted molar refractivity (Wildman–Crippen MR) is 43.9 cm³/mol. The lowest BCUT2D eigenvalue weighted by Gasteiger charge is -2.31. The Bertz CT molecular complexity index is 152. The van der Waals surface area contributed by atoms with Gasteiger partial charge in [0, 0.05) is 12.0 Å². The summed E-state index contributed by atoms with van der Waals surface area (Å²) in [6.45, 7) is 2.65. The van der Waals surface area contributed by atoms with Crippen LogP contribution >= 0.6 is 0 Å². The lowest BCUT2D eigenvalue weighted by molar-refractivity contribution is -0.0148. The molecule has 2 rings (SSSR count). The van der Waals surface area contributed by atoms with E-state index in [1.165, 1.54) is 6.42 Å². The molecule has 0 saturated carbocycles. The molecule has 2 aliphatic rings. The van der Waals surface area contributed by atoms with E-state index in [4.69, 9.17) is 14.6 Å². The molecule has 0 bridgehead atoms. The van der Waals surface area contributed by atoms with Gasteiger partial charge >= 0.3 is 0 Å². The van der Waals surface area contributed by atoms with Gasteiger partial charge in [0.25, 0.3) is 0 Å². The molecule has 70 valence electrons. The molecule has 0 radical (unpaired) electrons. The summed E-state index contributed by atoms with van der Waals surface area (Å²) in [4.78, 5) is 0. The van der Waals surface area contributed by atoms with Gasteiger partial charge in [-0.2, -0.15) is 0 Å². The van der Waals surface area contributed by atoms with Crippen LogP contribution in [0.1, 0.15) is 19.3 Å². The van der Waals surface area contributed by atoms with E-state index in [-0.39, 0.29) is 18.1 Å². The van der Waals surface area contributed by atoms with Crippen LogP contribution in [0, 0.1) is 5.41 Å². The molecular formula is C9H16O3. The lowest BCUT2D eigenvalue weighted by Crippen LogP contribution is -2.32. The molecule has 2 aliphatic heterocycles. The summed E-state index contributed by atoms with van der Waals surface area (Å²) in [7, 11) is 0. The number of hydrogen-bond acceptors (Lipinski definition) is 3. The van der Waals surface area contributed by atoms with Crippen LogP contribution < -0.4 is 0 Å². The third-order valence-corrected chi connectivity index (χ3v) is 2.89. The Morgan fingerprint density at radius 2 is 2.33 bits per heavy atom. The van der Waals surface area contributed by atoms with E-state index >= 15 is 0 Å². The molecule has 2 heterocycles. The van der Waals surface area contributed by atoms with Crippen molar-refractivity contribution in [3.8, 4) is 0 Å². The molecule has 0 amide bonds. The molecule has 2 saturated heterocycles. The molecule has 1 N–H and O–H groups in total. The Hall–Kier alpha value is -0.120. The first-order chi connectivity index (χ1) is 5.85. The average molecular weight is 172 g/mol. The summed E-state index contributed by atoms with van der Waals surface area (Å²) in [5.74, 6) is 0. The van der Waals surface area contributed by atoms with Gasteiger partial charge in [-0.25, -0.2) is 0 Å². The van der Waals surface area contributed by atoms with Crippen LogP contribution in [0.2, 0.25) is 0 Å². The van der Waals surface area contributed by atoms with E-state index in [0.29, 0.717) is 0 Å². The number of ether oxygens (including phenoxy) is 2. The highest BCUT2D eigenvalue weighted by Gasteiger charge is 2.41. The molecule has 0 aliphatic carbocycles. The third kappa shape index (κ3) is 1.49. The van der Waals surface area contributed by atoms with E-state index < -0.39 is 0 Å². The first kappa shape index (κ1) is 8.48. The van der Waals surface area contributed by atoms with Crippen molar-refractivity contribution in [2.75, 3.05) is 26.4 Å². The first-order valence-corrected chi connectivity index (χ1v) is 4.65. The Labute approximate surface area is 72.7 Å². The highest BCUT2D eigenvalue weighted by atomic mass is 16.5. The van der Waals surface area contributed by atoms with Gasteiger partial charge in [0.1, 0.15) is 0 Å². The molecular weight excluding hydrogens is 156 g/mol. The van der Waals surface area contributed by atoms with Crippen molar-refractivity contribution >= 4 is 0 Å². The van der Waals surface area contributed by atoms with Crippen LogP contribution in [-0.2, 0) is 9.47 Å². The topological polar surface area (TPSA) is 38.7 Å². The summed E-state index contributed by atoms with van der Waals surface area (Å²) in [5, 5.41) is 8.91. The van der Waals surface area contributed by atoms with Crippen LogP contribution in [0.15, 0.2) is 0 Å². The number of aliphatic hydroxyl groups excluding tert-OH is 1. The fourth-order valence-corrected chi connectivity index (χ4v) is 2.20. The van der Waals surface area contributed by atoms with E-state index in [0.717, 1.165) is 32.7 Å². The van der Waals surface area contributed by atoms with E-state index in [1.54, 1.807) is 0 Å². The molecule has 0 aromatic heterocycles. The predicted octanol–water partition coefficient (Wildman–Crippen LogP) is 0.564. The van der Waals surface area contributed by atoms with Gasteiger partial charge in [-0.05, 0) is 19.3 Å². The zero-order valence-electron chi connectivity index (χ0n) is 7.29. The van der Waals surface area contributed by atoms with Gasteiger partial charge < -0.3 is 14.6 Å². The van der Waals surface area contributed by atoms with Crippen molar-refractivity contribution in [3.05, 3.63) is 0 Å². The maximum Gasteiger partial charge on any atom is 0.0813 e. The highest BCUT2D eigenvalue weighted by Crippen LogP contribution is 2.39. The molecule has 2 fully saturated rings. The first-order valence-electron chi connectivity index (χ1n) is 4.65. The lowest BCUT2D eigenvalue weighted by atomic mass is 9.81. The second-order valence-corrected chi connectivity index (χ2v) is 3.98. The summed E-state index contributed by atoms with van der Waals surface area (Å²) >= 11 is 0. The van der Waals surface area contributed by atoms with E-state index in [9.17, 15) is 0 Å². The van der Waals surface area contributed by atoms with Crippen LogP contribution in [0.3, 0.4) is 0 Å². The molecule has 3 heteroatoms. The SMILES string of the molecule is OC[C@@H]1C[C@]2(CCCOC2)CO1. The van der Waals surface area contributed by atoms with Crippen molar-refractivity contribution in [2.24, 2.45) is 5.41 Å². The van der Waals surface area contributed by atoms with Gasteiger partial charge in [-0.1, -0.05) is 0 Å². The molecule has 0 aromatic carbocycles. The third-order valence-electron chi connectivity index (χ3n) is 2.89.